The zero-order valence-corrected chi connectivity index (χ0v) is 15.5. The van der Waals surface area contributed by atoms with E-state index < -0.39 is 0 Å². The molecule has 2 aromatic rings. The van der Waals surface area contributed by atoms with Gasteiger partial charge in [0.05, 0.1) is 17.9 Å². The molecule has 1 N–H and O–H groups in total. The molecule has 0 fully saturated rings. The maximum Gasteiger partial charge on any atom is 0.239 e. The highest BCUT2D eigenvalue weighted by atomic mass is 16.2. The van der Waals surface area contributed by atoms with Gasteiger partial charge in [0.15, 0.2) is 0 Å². The van der Waals surface area contributed by atoms with Crippen molar-refractivity contribution in [2.75, 3.05) is 18.5 Å². The molecule has 0 spiro atoms. The first-order chi connectivity index (χ1) is 11.8. The number of rotatable bonds is 4. The molecule has 3 rings (SSSR count). The maximum atomic E-state index is 12.3. The maximum absolute atomic E-state index is 12.3. The van der Waals surface area contributed by atoms with Crippen molar-refractivity contribution >= 4 is 11.6 Å². The van der Waals surface area contributed by atoms with E-state index in [4.69, 9.17) is 4.98 Å². The van der Waals surface area contributed by atoms with Crippen LogP contribution in [0.3, 0.4) is 0 Å². The Balaban J connectivity index is 1.90. The monoisotopic (exact) mass is 338 g/mol. The number of aryl methyl sites for hydroxylation is 1. The second-order valence-corrected chi connectivity index (χ2v) is 7.67. The molecule has 132 valence electrons. The molecule has 25 heavy (non-hydrogen) atoms. The van der Waals surface area contributed by atoms with Crippen molar-refractivity contribution in [3.63, 3.8) is 0 Å². The van der Waals surface area contributed by atoms with Gasteiger partial charge >= 0.3 is 0 Å². The average Bonchev–Trinajstić information content (AvgIpc) is 3.01. The zero-order valence-electron chi connectivity index (χ0n) is 15.5. The number of hydrogen-bond donors (Lipinski definition) is 1. The van der Waals surface area contributed by atoms with E-state index in [0.29, 0.717) is 6.54 Å². The Labute approximate surface area is 149 Å². The number of fused-ring (bicyclic) bond motifs is 1. The fourth-order valence-corrected chi connectivity index (χ4v) is 3.27. The number of carbonyl (C=O) groups is 1. The van der Waals surface area contributed by atoms with Crippen LogP contribution in [0.15, 0.2) is 30.5 Å². The highest BCUT2D eigenvalue weighted by Gasteiger charge is 2.22. The molecule has 5 heteroatoms. The lowest BCUT2D eigenvalue weighted by Crippen LogP contribution is -2.45. The molecule has 1 amide bonds. The van der Waals surface area contributed by atoms with E-state index in [-0.39, 0.29) is 11.4 Å². The molecule has 5 nitrogen and oxygen atoms in total. The fraction of sp³-hybridized carbons (Fsp3) is 0.450. The standard InChI is InChI=1S/C20H26N4O/c1-20(2,3)23-19(25)13-24(4)18-12-17(16-9-5-6-11-21-16)22-15-10-7-8-14(15)18/h5-6,9,11-12H,7-8,10,13H2,1-4H3,(H,23,25). The highest BCUT2D eigenvalue weighted by molar-refractivity contribution is 5.82. The molecule has 0 saturated heterocycles. The van der Waals surface area contributed by atoms with Gasteiger partial charge in [0.2, 0.25) is 5.91 Å². The molecule has 0 saturated carbocycles. The zero-order chi connectivity index (χ0) is 18.0. The molecule has 0 bridgehead atoms. The van der Waals surface area contributed by atoms with Gasteiger partial charge in [-0.15, -0.1) is 0 Å². The van der Waals surface area contributed by atoms with Crippen LogP contribution in [0.4, 0.5) is 5.69 Å². The van der Waals surface area contributed by atoms with Gasteiger partial charge in [-0.25, -0.2) is 0 Å². The molecule has 0 aromatic carbocycles. The summed E-state index contributed by atoms with van der Waals surface area (Å²) in [4.78, 5) is 23.6. The minimum atomic E-state index is -0.225. The Bertz CT molecular complexity index is 765. The van der Waals surface area contributed by atoms with Gasteiger partial charge in [0.1, 0.15) is 0 Å². The van der Waals surface area contributed by atoms with E-state index in [9.17, 15) is 4.79 Å². The first-order valence-corrected chi connectivity index (χ1v) is 8.80. The second kappa shape index (κ2) is 6.82. The number of nitrogens with one attached hydrogen (secondary N) is 1. The van der Waals surface area contributed by atoms with Crippen LogP contribution in [0.5, 0.6) is 0 Å². The van der Waals surface area contributed by atoms with E-state index in [1.54, 1.807) is 6.20 Å². The lowest BCUT2D eigenvalue weighted by Gasteiger charge is -2.26. The molecular formula is C20H26N4O. The van der Waals surface area contributed by atoms with Crippen molar-refractivity contribution in [3.8, 4) is 11.4 Å². The van der Waals surface area contributed by atoms with Gasteiger partial charge < -0.3 is 10.2 Å². The summed E-state index contributed by atoms with van der Waals surface area (Å²) >= 11 is 0. The summed E-state index contributed by atoms with van der Waals surface area (Å²) in [7, 11) is 1.97. The Hall–Kier alpha value is -2.43. The molecule has 0 atom stereocenters. The van der Waals surface area contributed by atoms with Crippen LogP contribution in [0.1, 0.15) is 38.4 Å². The largest absolute Gasteiger partial charge is 0.365 e. The predicted octanol–water partition coefficient (Wildman–Crippen LogP) is 2.98. The smallest absolute Gasteiger partial charge is 0.239 e. The predicted molar refractivity (Wildman–Crippen MR) is 101 cm³/mol. The molecule has 2 heterocycles. The normalized spacial score (nSPS) is 13.4. The van der Waals surface area contributed by atoms with Gasteiger partial charge in [-0.05, 0) is 63.8 Å². The van der Waals surface area contributed by atoms with Crippen molar-refractivity contribution in [3.05, 3.63) is 41.7 Å². The minimum Gasteiger partial charge on any atom is -0.365 e. The van der Waals surface area contributed by atoms with Gasteiger partial charge in [0.25, 0.3) is 0 Å². The number of anilines is 1. The van der Waals surface area contributed by atoms with Crippen LogP contribution < -0.4 is 10.2 Å². The molecule has 1 aliphatic carbocycles. The summed E-state index contributed by atoms with van der Waals surface area (Å²) in [6, 6.07) is 7.91. The molecule has 2 aromatic heterocycles. The van der Waals surface area contributed by atoms with Gasteiger partial charge in [-0.3, -0.25) is 14.8 Å². The number of amides is 1. The molecule has 0 aliphatic heterocycles. The summed E-state index contributed by atoms with van der Waals surface area (Å²) in [5, 5.41) is 3.03. The van der Waals surface area contributed by atoms with Gasteiger partial charge in [0, 0.05) is 30.2 Å². The van der Waals surface area contributed by atoms with E-state index in [1.807, 2.05) is 50.9 Å². The summed E-state index contributed by atoms with van der Waals surface area (Å²) in [6.07, 6.45) is 4.91. The third-order valence-electron chi connectivity index (χ3n) is 4.26. The average molecular weight is 338 g/mol. The molecule has 0 radical (unpaired) electrons. The van der Waals surface area contributed by atoms with Crippen molar-refractivity contribution in [1.29, 1.82) is 0 Å². The lowest BCUT2D eigenvalue weighted by atomic mass is 10.1. The van der Waals surface area contributed by atoms with Crippen LogP contribution in [-0.4, -0.2) is 35.0 Å². The third kappa shape index (κ3) is 4.16. The van der Waals surface area contributed by atoms with Crippen LogP contribution in [0.2, 0.25) is 0 Å². The Kier molecular flexibility index (Phi) is 4.75. The SMILES string of the molecule is CN(CC(=O)NC(C)(C)C)c1cc(-c2ccccn2)nc2c1CCC2. The number of nitrogens with zero attached hydrogens (tertiary/aromatic N) is 3. The third-order valence-corrected chi connectivity index (χ3v) is 4.26. The summed E-state index contributed by atoms with van der Waals surface area (Å²) < 4.78 is 0. The topological polar surface area (TPSA) is 58.1 Å². The fourth-order valence-electron chi connectivity index (χ4n) is 3.27. The van der Waals surface area contributed by atoms with Crippen LogP contribution in [0.25, 0.3) is 11.4 Å². The summed E-state index contributed by atoms with van der Waals surface area (Å²) in [5.74, 6) is 0.0259. The molecular weight excluding hydrogens is 312 g/mol. The van der Waals surface area contributed by atoms with Crippen molar-refractivity contribution in [1.82, 2.24) is 15.3 Å². The second-order valence-electron chi connectivity index (χ2n) is 7.67. The quantitative estimate of drug-likeness (QED) is 0.931. The van der Waals surface area contributed by atoms with Crippen molar-refractivity contribution < 1.29 is 4.79 Å². The number of likely N-dealkylation sites (N-methyl/N-ethyl adjacent to an activating group) is 1. The van der Waals surface area contributed by atoms with E-state index in [1.165, 1.54) is 5.56 Å². The summed E-state index contributed by atoms with van der Waals surface area (Å²) in [5.41, 5.74) is 5.02. The van der Waals surface area contributed by atoms with Crippen LogP contribution >= 0.6 is 0 Å². The first-order valence-electron chi connectivity index (χ1n) is 8.80. The molecule has 0 unspecified atom stereocenters. The van der Waals surface area contributed by atoms with E-state index in [0.717, 1.165) is 42.0 Å². The number of aromatic nitrogens is 2. The Morgan fingerprint density at radius 1 is 1.24 bits per heavy atom. The molecule has 1 aliphatic rings. The highest BCUT2D eigenvalue weighted by Crippen LogP contribution is 2.33. The first kappa shape index (κ1) is 17.4. The van der Waals surface area contributed by atoms with Gasteiger partial charge in [-0.2, -0.15) is 0 Å². The van der Waals surface area contributed by atoms with E-state index >= 15 is 0 Å². The summed E-state index contributed by atoms with van der Waals surface area (Å²) in [6.45, 7) is 6.31. The van der Waals surface area contributed by atoms with E-state index in [2.05, 4.69) is 16.4 Å². The van der Waals surface area contributed by atoms with Crippen LogP contribution in [0, 0.1) is 0 Å². The lowest BCUT2D eigenvalue weighted by molar-refractivity contribution is -0.121. The number of hydrogen-bond acceptors (Lipinski definition) is 4. The number of pyridine rings is 2. The van der Waals surface area contributed by atoms with Gasteiger partial charge in [-0.1, -0.05) is 6.07 Å². The van der Waals surface area contributed by atoms with Crippen molar-refractivity contribution in [2.45, 2.75) is 45.6 Å². The van der Waals surface area contributed by atoms with Crippen LogP contribution in [-0.2, 0) is 17.6 Å². The Morgan fingerprint density at radius 2 is 2.04 bits per heavy atom. The number of carbonyl (C=O) groups excluding carboxylic acids is 1. The minimum absolute atomic E-state index is 0.0259. The Morgan fingerprint density at radius 3 is 2.72 bits per heavy atom. The van der Waals surface area contributed by atoms with Crippen molar-refractivity contribution in [2.24, 2.45) is 0 Å².